The Balaban J connectivity index is 2.18. The highest BCUT2D eigenvalue weighted by Crippen LogP contribution is 2.51. The SMILES string of the molecule is CCC(C)(c1ccc(CP(O)O)cc1)[P+](=S)N(C)/N=C/c1ccc(O)cc1. The summed E-state index contributed by atoms with van der Waals surface area (Å²) >= 11 is 5.88. The molecule has 0 saturated carbocycles. The van der Waals surface area contributed by atoms with Crippen molar-refractivity contribution in [3.8, 4) is 5.75 Å². The number of hydrazone groups is 1. The zero-order valence-electron chi connectivity index (χ0n) is 15.6. The van der Waals surface area contributed by atoms with E-state index in [1.807, 2.05) is 36.1 Å². The number of aromatic hydroxyl groups is 1. The summed E-state index contributed by atoms with van der Waals surface area (Å²) in [6.07, 6.45) is 2.89. The first-order valence-corrected chi connectivity index (χ1v) is 12.3. The van der Waals surface area contributed by atoms with Gasteiger partial charge in [-0.25, -0.2) is 0 Å². The molecule has 0 heterocycles. The Bertz CT molecular complexity index is 798. The molecule has 2 aromatic carbocycles. The van der Waals surface area contributed by atoms with Crippen LogP contribution in [0.3, 0.4) is 0 Å². The minimum Gasteiger partial charge on any atom is -0.508 e. The molecule has 0 aliphatic carbocycles. The molecule has 144 valence electrons. The van der Waals surface area contributed by atoms with Crippen molar-refractivity contribution >= 4 is 33.2 Å². The lowest BCUT2D eigenvalue weighted by molar-refractivity contribution is 0.475. The molecule has 0 fully saturated rings. The normalized spacial score (nSPS) is 14.4. The van der Waals surface area contributed by atoms with Gasteiger partial charge in [-0.05, 0) is 48.7 Å². The van der Waals surface area contributed by atoms with Gasteiger partial charge in [0.1, 0.15) is 5.75 Å². The molecule has 8 heteroatoms. The maximum Gasteiger partial charge on any atom is 0.321 e. The Morgan fingerprint density at radius 1 is 1.15 bits per heavy atom. The molecule has 0 aliphatic heterocycles. The maximum absolute atomic E-state index is 9.36. The fourth-order valence-electron chi connectivity index (χ4n) is 2.66. The van der Waals surface area contributed by atoms with E-state index in [-0.39, 0.29) is 17.1 Å². The molecule has 0 radical (unpaired) electrons. The van der Waals surface area contributed by atoms with Crippen LogP contribution in [0.5, 0.6) is 5.75 Å². The van der Waals surface area contributed by atoms with E-state index in [1.54, 1.807) is 30.5 Å². The second-order valence-electron chi connectivity index (χ2n) is 6.45. The largest absolute Gasteiger partial charge is 0.508 e. The Hall–Kier alpha value is -1.42. The Kier molecular flexibility index (Phi) is 7.84. The average Bonchev–Trinajstić information content (AvgIpc) is 2.66. The third kappa shape index (κ3) is 5.78. The van der Waals surface area contributed by atoms with Crippen molar-refractivity contribution in [1.29, 1.82) is 0 Å². The molecule has 27 heavy (non-hydrogen) atoms. The van der Waals surface area contributed by atoms with Crippen LogP contribution in [0.2, 0.25) is 0 Å². The van der Waals surface area contributed by atoms with Gasteiger partial charge in [-0.3, -0.25) is 0 Å². The van der Waals surface area contributed by atoms with Crippen LogP contribution in [0, 0.1) is 0 Å². The van der Waals surface area contributed by atoms with Crippen molar-refractivity contribution in [3.05, 3.63) is 65.2 Å². The van der Waals surface area contributed by atoms with E-state index >= 15 is 0 Å². The average molecular weight is 423 g/mol. The summed E-state index contributed by atoms with van der Waals surface area (Å²) in [6.45, 7) is 3.25. The molecule has 0 spiro atoms. The van der Waals surface area contributed by atoms with Gasteiger partial charge in [-0.1, -0.05) is 31.2 Å². The van der Waals surface area contributed by atoms with E-state index in [0.717, 1.165) is 23.1 Å². The molecule has 2 rings (SSSR count). The maximum atomic E-state index is 9.36. The molecule has 0 saturated heterocycles. The highest BCUT2D eigenvalue weighted by atomic mass is 32.4. The van der Waals surface area contributed by atoms with E-state index in [0.29, 0.717) is 0 Å². The van der Waals surface area contributed by atoms with Crippen LogP contribution in [-0.2, 0) is 23.1 Å². The predicted molar refractivity (Wildman–Crippen MR) is 117 cm³/mol. The Morgan fingerprint density at radius 3 is 2.26 bits per heavy atom. The number of nitrogens with zero attached hydrogens (tertiary/aromatic N) is 2. The van der Waals surface area contributed by atoms with Gasteiger partial charge in [0, 0.05) is 11.7 Å². The first-order valence-electron chi connectivity index (χ1n) is 8.55. The van der Waals surface area contributed by atoms with Crippen LogP contribution in [0.15, 0.2) is 53.6 Å². The van der Waals surface area contributed by atoms with Gasteiger partial charge in [0.05, 0.1) is 13.3 Å². The first kappa shape index (κ1) is 21.9. The molecule has 0 amide bonds. The summed E-state index contributed by atoms with van der Waals surface area (Å²) in [4.78, 5) is 18.4. The summed E-state index contributed by atoms with van der Waals surface area (Å²) in [7, 11) is -0.0381. The molecular weight excluding hydrogens is 398 g/mol. The molecule has 2 aromatic rings. The zero-order valence-corrected chi connectivity index (χ0v) is 18.3. The Morgan fingerprint density at radius 2 is 1.74 bits per heavy atom. The monoisotopic (exact) mass is 423 g/mol. The lowest BCUT2D eigenvalue weighted by Crippen LogP contribution is -2.21. The summed E-state index contributed by atoms with van der Waals surface area (Å²) in [5.74, 6) is 0.225. The zero-order chi connectivity index (χ0) is 20.0. The van der Waals surface area contributed by atoms with Gasteiger partial charge in [-0.15, -0.1) is 9.88 Å². The van der Waals surface area contributed by atoms with Crippen LogP contribution >= 0.6 is 15.2 Å². The van der Waals surface area contributed by atoms with Gasteiger partial charge in [0.15, 0.2) is 25.3 Å². The highest BCUT2D eigenvalue weighted by Gasteiger charge is 2.43. The summed E-state index contributed by atoms with van der Waals surface area (Å²) in [6, 6.07) is 14.8. The van der Waals surface area contributed by atoms with Crippen LogP contribution in [0.25, 0.3) is 0 Å². The van der Waals surface area contributed by atoms with Crippen LogP contribution in [0.4, 0.5) is 0 Å². The van der Waals surface area contributed by atoms with Crippen molar-refractivity contribution < 1.29 is 14.9 Å². The minimum atomic E-state index is -1.93. The fourth-order valence-corrected chi connectivity index (χ4v) is 5.45. The predicted octanol–water partition coefficient (Wildman–Crippen LogP) is 4.64. The topological polar surface area (TPSA) is 76.3 Å². The first-order chi connectivity index (χ1) is 12.8. The fraction of sp³-hybridized carbons (Fsp3) is 0.316. The Labute approximate surface area is 167 Å². The summed E-state index contributed by atoms with van der Waals surface area (Å²) < 4.78 is 1.84. The minimum absolute atomic E-state index is 0.225. The van der Waals surface area contributed by atoms with E-state index in [9.17, 15) is 14.9 Å². The lowest BCUT2D eigenvalue weighted by atomic mass is 9.96. The van der Waals surface area contributed by atoms with Gasteiger partial charge in [0.2, 0.25) is 0 Å². The lowest BCUT2D eigenvalue weighted by Gasteiger charge is -2.22. The second kappa shape index (κ2) is 9.68. The summed E-state index contributed by atoms with van der Waals surface area (Å²) in [5, 5.41) is 13.6. The third-order valence-electron chi connectivity index (χ3n) is 4.54. The van der Waals surface area contributed by atoms with E-state index in [4.69, 9.17) is 11.8 Å². The number of hydrogen-bond acceptors (Lipinski definition) is 5. The third-order valence-corrected chi connectivity index (χ3v) is 9.15. The number of hydrogen-bond donors (Lipinski definition) is 3. The van der Waals surface area contributed by atoms with Crippen molar-refractivity contribution in [2.45, 2.75) is 31.6 Å². The second-order valence-corrected chi connectivity index (χ2v) is 10.7. The van der Waals surface area contributed by atoms with Crippen LogP contribution in [0.1, 0.15) is 37.0 Å². The van der Waals surface area contributed by atoms with Gasteiger partial charge in [-0.2, -0.15) is 0 Å². The highest BCUT2D eigenvalue weighted by molar-refractivity contribution is 8.04. The number of phenols is 1. The van der Waals surface area contributed by atoms with E-state index in [2.05, 4.69) is 18.9 Å². The number of phenolic OH excluding ortho intramolecular Hbond substituents is 1. The summed E-state index contributed by atoms with van der Waals surface area (Å²) in [5.41, 5.74) is 2.92. The van der Waals surface area contributed by atoms with Gasteiger partial charge < -0.3 is 14.9 Å². The van der Waals surface area contributed by atoms with Crippen LogP contribution < -0.4 is 0 Å². The molecule has 5 nitrogen and oxygen atoms in total. The van der Waals surface area contributed by atoms with E-state index < -0.39 is 15.2 Å². The molecule has 0 bridgehead atoms. The molecular formula is C19H25N2O3P2S+. The molecule has 0 aromatic heterocycles. The molecule has 2 atom stereocenters. The van der Waals surface area contributed by atoms with Gasteiger partial charge in [0.25, 0.3) is 0 Å². The number of rotatable bonds is 8. The molecule has 2 unspecified atom stereocenters. The quantitative estimate of drug-likeness (QED) is 0.328. The van der Waals surface area contributed by atoms with E-state index in [1.165, 1.54) is 0 Å². The smallest absolute Gasteiger partial charge is 0.321 e. The van der Waals surface area contributed by atoms with Crippen molar-refractivity contribution in [2.24, 2.45) is 5.10 Å². The molecule has 3 N–H and O–H groups in total. The van der Waals surface area contributed by atoms with Crippen molar-refractivity contribution in [2.75, 3.05) is 7.05 Å². The standard InChI is InChI=1S/C19H24N2O3P2S/c1-4-19(2,17-9-5-16(6-10-17)14-25(23)24)26(27)21(3)20-13-15-7-11-18(22)12-8-15/h5-13,23-24H,4,14H2,1-3H3/p+1. The van der Waals surface area contributed by atoms with Crippen molar-refractivity contribution in [3.63, 3.8) is 0 Å². The molecule has 0 aliphatic rings. The van der Waals surface area contributed by atoms with Gasteiger partial charge >= 0.3 is 6.85 Å². The van der Waals surface area contributed by atoms with Crippen molar-refractivity contribution in [1.82, 2.24) is 4.78 Å². The van der Waals surface area contributed by atoms with Crippen LogP contribution in [-0.4, -0.2) is 32.9 Å². The number of benzene rings is 2.